The number of rotatable bonds is 6. The SMILES string of the molecule is COc1ccccc1[C@@H](C#N)[C@H](O)C(C)(C)C.COc1ccccc1[C@H](C#N)[C@@H](O)C(C)(C)C. The lowest BCUT2D eigenvalue weighted by molar-refractivity contribution is 0.0521. The summed E-state index contributed by atoms with van der Waals surface area (Å²) in [5.41, 5.74) is 0.780. The zero-order valence-corrected chi connectivity index (χ0v) is 21.5. The van der Waals surface area contributed by atoms with Crippen LogP contribution in [0.4, 0.5) is 0 Å². The van der Waals surface area contributed by atoms with E-state index in [-0.39, 0.29) is 10.8 Å². The van der Waals surface area contributed by atoms with E-state index in [0.29, 0.717) is 11.5 Å². The van der Waals surface area contributed by atoms with Gasteiger partial charge in [-0.25, -0.2) is 0 Å². The average Bonchev–Trinajstić information content (AvgIpc) is 2.79. The molecular weight excluding hydrogens is 428 g/mol. The molecule has 0 spiro atoms. The zero-order valence-electron chi connectivity index (χ0n) is 21.5. The van der Waals surface area contributed by atoms with E-state index in [9.17, 15) is 20.7 Å². The van der Waals surface area contributed by atoms with Crippen LogP contribution in [0, 0.1) is 33.5 Å². The van der Waals surface area contributed by atoms with Crippen molar-refractivity contribution in [1.82, 2.24) is 0 Å². The van der Waals surface area contributed by atoms with Gasteiger partial charge in [0.25, 0.3) is 0 Å². The van der Waals surface area contributed by atoms with Crippen LogP contribution in [0.25, 0.3) is 0 Å². The van der Waals surface area contributed by atoms with E-state index < -0.39 is 24.0 Å². The van der Waals surface area contributed by atoms with Gasteiger partial charge in [-0.1, -0.05) is 77.9 Å². The fourth-order valence-electron chi connectivity index (χ4n) is 3.47. The zero-order chi connectivity index (χ0) is 26.1. The molecule has 184 valence electrons. The maximum absolute atomic E-state index is 10.2. The van der Waals surface area contributed by atoms with Gasteiger partial charge in [-0.3, -0.25) is 0 Å². The van der Waals surface area contributed by atoms with Gasteiger partial charge in [0.2, 0.25) is 0 Å². The molecule has 0 bridgehead atoms. The molecule has 0 saturated carbocycles. The average molecular weight is 467 g/mol. The molecule has 0 aliphatic heterocycles. The predicted molar refractivity (Wildman–Crippen MR) is 134 cm³/mol. The Balaban J connectivity index is 0.000000340. The van der Waals surface area contributed by atoms with Gasteiger partial charge in [0, 0.05) is 11.1 Å². The summed E-state index contributed by atoms with van der Waals surface area (Å²) in [5.74, 6) is 0.127. The Bertz CT molecular complexity index is 911. The minimum atomic E-state index is -0.733. The molecule has 2 N–H and O–H groups in total. The summed E-state index contributed by atoms with van der Waals surface area (Å²) >= 11 is 0. The second-order valence-corrected chi connectivity index (χ2v) is 10.3. The summed E-state index contributed by atoms with van der Waals surface area (Å²) in [7, 11) is 3.13. The molecule has 0 heterocycles. The van der Waals surface area contributed by atoms with E-state index in [1.165, 1.54) is 0 Å². The molecule has 0 amide bonds. The Morgan fingerprint density at radius 3 is 1.18 bits per heavy atom. The quantitative estimate of drug-likeness (QED) is 0.589. The standard InChI is InChI=1S/2C14H19NO2/c2*1-14(2,3)13(16)11(9-15)10-7-5-6-8-12(10)17-4/h2*5-8,11,13,16H,1-4H3/t2*11-,13+/m10/s1. The summed E-state index contributed by atoms with van der Waals surface area (Å²) < 4.78 is 10.5. The summed E-state index contributed by atoms with van der Waals surface area (Å²) in [4.78, 5) is 0. The number of benzene rings is 2. The first-order valence-electron chi connectivity index (χ1n) is 11.2. The number of nitriles is 2. The topological polar surface area (TPSA) is 107 Å². The largest absolute Gasteiger partial charge is 0.496 e. The van der Waals surface area contributed by atoms with Crippen molar-refractivity contribution in [3.8, 4) is 23.6 Å². The highest BCUT2D eigenvalue weighted by Crippen LogP contribution is 2.36. The third kappa shape index (κ3) is 7.48. The fourth-order valence-corrected chi connectivity index (χ4v) is 3.47. The van der Waals surface area contributed by atoms with Crippen molar-refractivity contribution < 1.29 is 19.7 Å². The molecule has 2 rings (SSSR count). The predicted octanol–water partition coefficient (Wildman–Crippen LogP) is 5.42. The lowest BCUT2D eigenvalue weighted by Gasteiger charge is -2.30. The van der Waals surface area contributed by atoms with Crippen LogP contribution in [0.1, 0.15) is 64.5 Å². The number of nitrogens with zero attached hydrogens (tertiary/aromatic N) is 2. The summed E-state index contributed by atoms with van der Waals surface area (Å²) in [6.07, 6.45) is -1.47. The van der Waals surface area contributed by atoms with Crippen molar-refractivity contribution in [2.75, 3.05) is 14.2 Å². The Kier molecular flexibility index (Phi) is 10.6. The van der Waals surface area contributed by atoms with Crippen LogP contribution in [-0.4, -0.2) is 36.6 Å². The van der Waals surface area contributed by atoms with Gasteiger partial charge in [-0.2, -0.15) is 10.5 Å². The van der Waals surface area contributed by atoms with Crippen LogP contribution < -0.4 is 9.47 Å². The molecule has 6 heteroatoms. The molecule has 0 radical (unpaired) electrons. The normalized spacial score (nSPS) is 14.8. The van der Waals surface area contributed by atoms with Gasteiger partial charge in [0.1, 0.15) is 23.3 Å². The van der Waals surface area contributed by atoms with Crippen molar-refractivity contribution in [1.29, 1.82) is 10.5 Å². The number of methoxy groups -OCH3 is 2. The van der Waals surface area contributed by atoms with Crippen LogP contribution in [0.5, 0.6) is 11.5 Å². The van der Waals surface area contributed by atoms with Crippen molar-refractivity contribution in [3.63, 3.8) is 0 Å². The first-order valence-corrected chi connectivity index (χ1v) is 11.2. The first-order chi connectivity index (χ1) is 15.8. The molecule has 0 fully saturated rings. The molecular formula is C28H38N2O4. The number of aliphatic hydroxyl groups is 2. The Labute approximate surface area is 204 Å². The van der Waals surface area contributed by atoms with Crippen molar-refractivity contribution in [2.24, 2.45) is 10.8 Å². The van der Waals surface area contributed by atoms with Gasteiger partial charge in [-0.15, -0.1) is 0 Å². The van der Waals surface area contributed by atoms with Gasteiger partial charge in [0.15, 0.2) is 0 Å². The van der Waals surface area contributed by atoms with Crippen LogP contribution in [0.3, 0.4) is 0 Å². The number of hydrogen-bond donors (Lipinski definition) is 2. The second kappa shape index (κ2) is 12.4. The van der Waals surface area contributed by atoms with Crippen LogP contribution in [-0.2, 0) is 0 Å². The van der Waals surface area contributed by atoms with Crippen LogP contribution >= 0.6 is 0 Å². The number of hydrogen-bond acceptors (Lipinski definition) is 6. The Morgan fingerprint density at radius 1 is 0.647 bits per heavy atom. The maximum atomic E-state index is 10.2. The maximum Gasteiger partial charge on any atom is 0.123 e. The van der Waals surface area contributed by atoms with Crippen molar-refractivity contribution in [2.45, 2.75) is 65.6 Å². The number of aliphatic hydroxyl groups excluding tert-OH is 2. The fraction of sp³-hybridized carbons (Fsp3) is 0.500. The minimum Gasteiger partial charge on any atom is -0.496 e. The molecule has 4 atom stereocenters. The third-order valence-electron chi connectivity index (χ3n) is 5.63. The lowest BCUT2D eigenvalue weighted by Crippen LogP contribution is -2.32. The van der Waals surface area contributed by atoms with Crippen LogP contribution in [0.2, 0.25) is 0 Å². The Hall–Kier alpha value is -3.06. The highest BCUT2D eigenvalue weighted by molar-refractivity contribution is 5.41. The van der Waals surface area contributed by atoms with Crippen LogP contribution in [0.15, 0.2) is 48.5 Å². The summed E-state index contributed by atoms with van der Waals surface area (Å²) in [5, 5.41) is 39.0. The molecule has 2 aromatic rings. The smallest absolute Gasteiger partial charge is 0.123 e. The lowest BCUT2D eigenvalue weighted by atomic mass is 9.79. The van der Waals surface area contributed by atoms with Gasteiger partial charge >= 0.3 is 0 Å². The highest BCUT2D eigenvalue weighted by atomic mass is 16.5. The van der Waals surface area contributed by atoms with Gasteiger partial charge in [0.05, 0.1) is 38.6 Å². The van der Waals surface area contributed by atoms with E-state index in [4.69, 9.17) is 9.47 Å². The van der Waals surface area contributed by atoms with E-state index in [0.717, 1.165) is 11.1 Å². The summed E-state index contributed by atoms with van der Waals surface area (Å²) in [6, 6.07) is 19.0. The minimum absolute atomic E-state index is 0.346. The molecule has 0 saturated heterocycles. The Morgan fingerprint density at radius 2 is 0.941 bits per heavy atom. The molecule has 34 heavy (non-hydrogen) atoms. The van der Waals surface area contributed by atoms with Crippen molar-refractivity contribution in [3.05, 3.63) is 59.7 Å². The summed E-state index contributed by atoms with van der Waals surface area (Å²) in [6.45, 7) is 11.5. The van der Waals surface area contributed by atoms with E-state index in [1.807, 2.05) is 77.9 Å². The monoisotopic (exact) mass is 466 g/mol. The van der Waals surface area contributed by atoms with E-state index in [1.54, 1.807) is 26.4 Å². The number of ether oxygens (including phenoxy) is 2. The second-order valence-electron chi connectivity index (χ2n) is 10.3. The molecule has 6 nitrogen and oxygen atoms in total. The molecule has 0 aliphatic rings. The molecule has 0 aromatic heterocycles. The van der Waals surface area contributed by atoms with Crippen molar-refractivity contribution >= 4 is 0 Å². The van der Waals surface area contributed by atoms with E-state index in [2.05, 4.69) is 12.1 Å². The number of para-hydroxylation sites is 2. The molecule has 0 unspecified atom stereocenters. The highest BCUT2D eigenvalue weighted by Gasteiger charge is 2.34. The third-order valence-corrected chi connectivity index (χ3v) is 5.63. The van der Waals surface area contributed by atoms with Gasteiger partial charge in [-0.05, 0) is 23.0 Å². The first kappa shape index (κ1) is 29.0. The van der Waals surface area contributed by atoms with E-state index >= 15 is 0 Å². The molecule has 2 aromatic carbocycles. The molecule has 0 aliphatic carbocycles. The van der Waals surface area contributed by atoms with Gasteiger partial charge < -0.3 is 19.7 Å².